The number of methoxy groups -OCH3 is 1. The van der Waals surface area contributed by atoms with Crippen molar-refractivity contribution in [3.63, 3.8) is 0 Å². The number of benzene rings is 1. The number of rotatable bonds is 7. The van der Waals surface area contributed by atoms with E-state index in [2.05, 4.69) is 18.0 Å². The minimum Gasteiger partial charge on any atom is -0.385 e. The number of hydrogen-bond donors (Lipinski definition) is 1. The van der Waals surface area contributed by atoms with Crippen LogP contribution in [0.15, 0.2) is 18.2 Å². The van der Waals surface area contributed by atoms with E-state index in [1.54, 1.807) is 7.11 Å². The van der Waals surface area contributed by atoms with E-state index in [4.69, 9.17) is 22.1 Å². The van der Waals surface area contributed by atoms with Crippen LogP contribution in [0, 0.1) is 0 Å². The van der Waals surface area contributed by atoms with Crippen LogP contribution in [0.4, 0.5) is 0 Å². The second-order valence-corrected chi connectivity index (χ2v) is 4.62. The van der Waals surface area contributed by atoms with Crippen LogP contribution < -0.4 is 5.73 Å². The molecule has 0 aliphatic rings. The third-order valence-electron chi connectivity index (χ3n) is 2.68. The van der Waals surface area contributed by atoms with E-state index in [-0.39, 0.29) is 0 Å². The second-order valence-electron chi connectivity index (χ2n) is 4.21. The number of nitrogens with zero attached hydrogens (tertiary/aromatic N) is 1. The molecule has 3 nitrogen and oxygen atoms in total. The van der Waals surface area contributed by atoms with Crippen LogP contribution in [0.1, 0.15) is 17.5 Å². The fraction of sp³-hybridized carbons (Fsp3) is 0.538. The van der Waals surface area contributed by atoms with E-state index < -0.39 is 0 Å². The topological polar surface area (TPSA) is 38.5 Å². The van der Waals surface area contributed by atoms with Gasteiger partial charge in [0.05, 0.1) is 0 Å². The van der Waals surface area contributed by atoms with Gasteiger partial charge < -0.3 is 15.4 Å². The molecule has 0 heterocycles. The van der Waals surface area contributed by atoms with Gasteiger partial charge in [0.25, 0.3) is 0 Å². The van der Waals surface area contributed by atoms with Gasteiger partial charge in [-0.2, -0.15) is 0 Å². The molecule has 0 unspecified atom stereocenters. The summed E-state index contributed by atoms with van der Waals surface area (Å²) in [7, 11) is 3.81. The summed E-state index contributed by atoms with van der Waals surface area (Å²) < 4.78 is 5.03. The van der Waals surface area contributed by atoms with Crippen LogP contribution in [0.2, 0.25) is 5.02 Å². The molecule has 1 aromatic rings. The molecule has 0 amide bonds. The van der Waals surface area contributed by atoms with Gasteiger partial charge in [-0.25, -0.2) is 0 Å². The third kappa shape index (κ3) is 5.04. The van der Waals surface area contributed by atoms with Crippen LogP contribution in [0.25, 0.3) is 0 Å². The van der Waals surface area contributed by atoms with Gasteiger partial charge in [-0.05, 0) is 30.7 Å². The van der Waals surface area contributed by atoms with Crippen molar-refractivity contribution in [1.29, 1.82) is 0 Å². The van der Waals surface area contributed by atoms with Gasteiger partial charge in [-0.1, -0.05) is 23.7 Å². The van der Waals surface area contributed by atoms with Crippen LogP contribution in [-0.4, -0.2) is 32.2 Å². The highest BCUT2D eigenvalue weighted by molar-refractivity contribution is 6.31. The molecule has 0 fully saturated rings. The van der Waals surface area contributed by atoms with E-state index in [0.29, 0.717) is 6.54 Å². The lowest BCUT2D eigenvalue weighted by Gasteiger charge is -2.17. The van der Waals surface area contributed by atoms with Crippen molar-refractivity contribution in [2.45, 2.75) is 19.5 Å². The Kier molecular flexibility index (Phi) is 6.52. The molecule has 0 aliphatic heterocycles. The molecule has 0 aromatic heterocycles. The van der Waals surface area contributed by atoms with Crippen LogP contribution in [0.5, 0.6) is 0 Å². The summed E-state index contributed by atoms with van der Waals surface area (Å²) in [5.74, 6) is 0. The molecule has 0 bridgehead atoms. The Balaban J connectivity index is 2.50. The Labute approximate surface area is 109 Å². The highest BCUT2D eigenvalue weighted by Gasteiger charge is 2.05. The molecule has 4 heteroatoms. The highest BCUT2D eigenvalue weighted by atomic mass is 35.5. The molecule has 1 aromatic carbocycles. The van der Waals surface area contributed by atoms with Crippen LogP contribution >= 0.6 is 11.6 Å². The van der Waals surface area contributed by atoms with E-state index in [0.717, 1.165) is 42.3 Å². The van der Waals surface area contributed by atoms with Crippen molar-refractivity contribution in [3.05, 3.63) is 34.3 Å². The molecule has 0 radical (unpaired) electrons. The first kappa shape index (κ1) is 14.5. The third-order valence-corrected chi connectivity index (χ3v) is 3.03. The van der Waals surface area contributed by atoms with Crippen molar-refractivity contribution >= 4 is 11.6 Å². The zero-order chi connectivity index (χ0) is 12.7. The summed E-state index contributed by atoms with van der Waals surface area (Å²) in [6.07, 6.45) is 1.03. The lowest BCUT2D eigenvalue weighted by Crippen LogP contribution is -2.20. The molecule has 0 saturated carbocycles. The summed E-state index contributed by atoms with van der Waals surface area (Å²) in [5.41, 5.74) is 7.78. The molecule has 0 aliphatic carbocycles. The van der Waals surface area contributed by atoms with Gasteiger partial charge in [0, 0.05) is 38.4 Å². The summed E-state index contributed by atoms with van der Waals surface area (Å²) in [4.78, 5) is 2.24. The number of nitrogens with two attached hydrogens (primary N) is 1. The van der Waals surface area contributed by atoms with Gasteiger partial charge >= 0.3 is 0 Å². The number of ether oxygens (including phenoxy) is 1. The summed E-state index contributed by atoms with van der Waals surface area (Å²) in [6, 6.07) is 6.03. The zero-order valence-corrected chi connectivity index (χ0v) is 11.3. The Morgan fingerprint density at radius 1 is 1.41 bits per heavy atom. The quantitative estimate of drug-likeness (QED) is 0.761. The first-order valence-electron chi connectivity index (χ1n) is 5.82. The zero-order valence-electron chi connectivity index (χ0n) is 10.6. The first-order chi connectivity index (χ1) is 8.17. The van der Waals surface area contributed by atoms with E-state index in [1.807, 2.05) is 12.1 Å². The van der Waals surface area contributed by atoms with Gasteiger partial charge in [-0.3, -0.25) is 0 Å². The van der Waals surface area contributed by atoms with E-state index in [9.17, 15) is 0 Å². The Bertz CT molecular complexity index is 344. The monoisotopic (exact) mass is 256 g/mol. The summed E-state index contributed by atoms with van der Waals surface area (Å²) >= 11 is 6.21. The predicted octanol–water partition coefficient (Wildman–Crippen LogP) is 2.27. The SMILES string of the molecule is COCCCN(C)Cc1ccc(CN)cc1Cl. The van der Waals surface area contributed by atoms with Crippen molar-refractivity contribution in [2.24, 2.45) is 5.73 Å². The first-order valence-corrected chi connectivity index (χ1v) is 6.20. The Morgan fingerprint density at radius 3 is 2.76 bits per heavy atom. The Hall–Kier alpha value is -0.610. The number of hydrogen-bond acceptors (Lipinski definition) is 3. The van der Waals surface area contributed by atoms with Crippen molar-refractivity contribution in [2.75, 3.05) is 27.3 Å². The molecule has 2 N–H and O–H groups in total. The highest BCUT2D eigenvalue weighted by Crippen LogP contribution is 2.19. The largest absolute Gasteiger partial charge is 0.385 e. The average Bonchev–Trinajstić information content (AvgIpc) is 2.32. The van der Waals surface area contributed by atoms with E-state index in [1.165, 1.54) is 0 Å². The predicted molar refractivity (Wildman–Crippen MR) is 72.2 cm³/mol. The lowest BCUT2D eigenvalue weighted by atomic mass is 10.1. The normalized spacial score (nSPS) is 11.1. The van der Waals surface area contributed by atoms with Gasteiger partial charge in [-0.15, -0.1) is 0 Å². The van der Waals surface area contributed by atoms with Crippen LogP contribution in [-0.2, 0) is 17.8 Å². The maximum Gasteiger partial charge on any atom is 0.0474 e. The fourth-order valence-electron chi connectivity index (χ4n) is 1.69. The smallest absolute Gasteiger partial charge is 0.0474 e. The van der Waals surface area contributed by atoms with Crippen LogP contribution in [0.3, 0.4) is 0 Å². The minimum atomic E-state index is 0.531. The van der Waals surface area contributed by atoms with Crippen molar-refractivity contribution in [1.82, 2.24) is 4.90 Å². The van der Waals surface area contributed by atoms with Gasteiger partial charge in [0.2, 0.25) is 0 Å². The Morgan fingerprint density at radius 2 is 2.18 bits per heavy atom. The molecule has 1 rings (SSSR count). The summed E-state index contributed by atoms with van der Waals surface area (Å²) in [6.45, 7) is 3.18. The molecule has 96 valence electrons. The molecule has 0 atom stereocenters. The second kappa shape index (κ2) is 7.67. The van der Waals surface area contributed by atoms with Crippen molar-refractivity contribution < 1.29 is 4.74 Å². The maximum atomic E-state index is 6.21. The average molecular weight is 257 g/mol. The lowest BCUT2D eigenvalue weighted by molar-refractivity contribution is 0.178. The maximum absolute atomic E-state index is 6.21. The molecule has 17 heavy (non-hydrogen) atoms. The standard InChI is InChI=1S/C13H21ClN2O/c1-16(6-3-7-17-2)10-12-5-4-11(9-15)8-13(12)14/h4-5,8H,3,6-7,9-10,15H2,1-2H3. The molecular formula is C13H21ClN2O. The van der Waals surface area contributed by atoms with Crippen molar-refractivity contribution in [3.8, 4) is 0 Å². The molecular weight excluding hydrogens is 236 g/mol. The summed E-state index contributed by atoms with van der Waals surface area (Å²) in [5, 5.41) is 0.798. The van der Waals surface area contributed by atoms with E-state index >= 15 is 0 Å². The minimum absolute atomic E-state index is 0.531. The fourth-order valence-corrected chi connectivity index (χ4v) is 1.96. The molecule has 0 saturated heterocycles. The molecule has 0 spiro atoms. The van der Waals surface area contributed by atoms with Gasteiger partial charge in [0.15, 0.2) is 0 Å². The number of halogens is 1. The van der Waals surface area contributed by atoms with Gasteiger partial charge in [0.1, 0.15) is 0 Å².